The Labute approximate surface area is 252 Å². The van der Waals surface area contributed by atoms with Crippen molar-refractivity contribution in [1.29, 1.82) is 0 Å². The van der Waals surface area contributed by atoms with Gasteiger partial charge in [-0.3, -0.25) is 4.79 Å². The SMILES string of the molecule is C=C(C)CC(OC)C(O)C(=O)NC(OC)C1C[C@@H](O)C(C)(C)[C@@H](CC(O)C(C)C2Cc3c(C)c(O)cc(O)c3C(=O)O2)O1. The summed E-state index contributed by atoms with van der Waals surface area (Å²) in [5.41, 5.74) is 0.851. The molecule has 0 spiro atoms. The van der Waals surface area contributed by atoms with Crippen LogP contribution in [0.4, 0.5) is 0 Å². The first-order valence-electron chi connectivity index (χ1n) is 14.5. The molecule has 1 fully saturated rings. The summed E-state index contributed by atoms with van der Waals surface area (Å²) in [6.07, 6.45) is -6.89. The third-order valence-electron chi connectivity index (χ3n) is 9.02. The van der Waals surface area contributed by atoms with Gasteiger partial charge < -0.3 is 49.8 Å². The summed E-state index contributed by atoms with van der Waals surface area (Å²) in [5, 5.41) is 56.0. The molecule has 1 aromatic carbocycles. The zero-order chi connectivity index (χ0) is 32.4. The molecule has 3 rings (SSSR count). The molecule has 43 heavy (non-hydrogen) atoms. The minimum Gasteiger partial charge on any atom is -0.508 e. The number of benzene rings is 1. The Morgan fingerprint density at radius 2 is 1.84 bits per heavy atom. The van der Waals surface area contributed by atoms with E-state index in [1.54, 1.807) is 20.8 Å². The van der Waals surface area contributed by atoms with Crippen LogP contribution in [0.3, 0.4) is 0 Å². The summed E-state index contributed by atoms with van der Waals surface area (Å²) >= 11 is 0. The van der Waals surface area contributed by atoms with Crippen LogP contribution in [-0.2, 0) is 30.2 Å². The summed E-state index contributed by atoms with van der Waals surface area (Å²) in [6.45, 7) is 12.6. The fourth-order valence-electron chi connectivity index (χ4n) is 5.80. The first-order valence-corrected chi connectivity index (χ1v) is 14.5. The first kappa shape index (κ1) is 34.7. The molecule has 2 aliphatic heterocycles. The highest BCUT2D eigenvalue weighted by atomic mass is 16.6. The number of fused-ring (bicyclic) bond motifs is 1. The van der Waals surface area contributed by atoms with Crippen molar-refractivity contribution in [2.75, 3.05) is 14.2 Å². The maximum Gasteiger partial charge on any atom is 0.342 e. The van der Waals surface area contributed by atoms with Crippen LogP contribution in [0, 0.1) is 18.3 Å². The lowest BCUT2D eigenvalue weighted by atomic mass is 9.73. The minimum absolute atomic E-state index is 0.00479. The van der Waals surface area contributed by atoms with Gasteiger partial charge in [0.15, 0.2) is 12.3 Å². The Balaban J connectivity index is 1.73. The van der Waals surface area contributed by atoms with Crippen LogP contribution in [0.15, 0.2) is 18.2 Å². The number of nitrogens with one attached hydrogen (secondary N) is 1. The van der Waals surface area contributed by atoms with Gasteiger partial charge in [-0.05, 0) is 31.4 Å². The van der Waals surface area contributed by atoms with Gasteiger partial charge in [0.1, 0.15) is 29.3 Å². The topological polar surface area (TPSA) is 184 Å². The molecule has 2 aliphatic rings. The molecular formula is C31H47NO11. The number of rotatable bonds is 12. The molecule has 0 saturated carbocycles. The Bertz CT molecular complexity index is 1180. The van der Waals surface area contributed by atoms with Gasteiger partial charge in [0.2, 0.25) is 0 Å². The summed E-state index contributed by atoms with van der Waals surface area (Å²) in [6, 6.07) is 1.10. The van der Waals surface area contributed by atoms with Gasteiger partial charge in [0.05, 0.1) is 24.4 Å². The number of carbonyl (C=O) groups excluding carboxylic acids is 2. The number of cyclic esters (lactones) is 1. The fraction of sp³-hybridized carbons (Fsp3) is 0.677. The van der Waals surface area contributed by atoms with Gasteiger partial charge in [-0.2, -0.15) is 0 Å². The number of hydrogen-bond acceptors (Lipinski definition) is 11. The van der Waals surface area contributed by atoms with Crippen molar-refractivity contribution in [3.8, 4) is 11.5 Å². The van der Waals surface area contributed by atoms with Crippen molar-refractivity contribution in [2.45, 2.75) is 109 Å². The third-order valence-corrected chi connectivity index (χ3v) is 9.02. The molecule has 7 unspecified atom stereocenters. The average Bonchev–Trinajstić information content (AvgIpc) is 2.94. The Morgan fingerprint density at radius 1 is 1.19 bits per heavy atom. The molecule has 0 bridgehead atoms. The first-order chi connectivity index (χ1) is 20.0. The fourth-order valence-corrected chi connectivity index (χ4v) is 5.80. The molecule has 1 aromatic rings. The number of ether oxygens (including phenoxy) is 4. The predicted molar refractivity (Wildman–Crippen MR) is 155 cm³/mol. The van der Waals surface area contributed by atoms with Crippen molar-refractivity contribution < 1.29 is 54.1 Å². The number of carbonyl (C=O) groups is 2. The number of phenolic OH excluding ortho intramolecular Hbond substituents is 2. The molecule has 6 N–H and O–H groups in total. The molecule has 12 heteroatoms. The lowest BCUT2D eigenvalue weighted by molar-refractivity contribution is -0.217. The van der Waals surface area contributed by atoms with Crippen molar-refractivity contribution in [3.63, 3.8) is 0 Å². The minimum atomic E-state index is -1.50. The Kier molecular flexibility index (Phi) is 11.2. The van der Waals surface area contributed by atoms with E-state index in [0.717, 1.165) is 11.6 Å². The summed E-state index contributed by atoms with van der Waals surface area (Å²) in [4.78, 5) is 25.6. The van der Waals surface area contributed by atoms with Crippen molar-refractivity contribution >= 4 is 11.9 Å². The molecular weight excluding hydrogens is 562 g/mol. The Morgan fingerprint density at radius 3 is 2.42 bits per heavy atom. The van der Waals surface area contributed by atoms with Crippen LogP contribution in [0.2, 0.25) is 0 Å². The van der Waals surface area contributed by atoms with Crippen LogP contribution in [0.1, 0.15) is 68.4 Å². The van der Waals surface area contributed by atoms with E-state index >= 15 is 0 Å². The monoisotopic (exact) mass is 609 g/mol. The second-order valence-electron chi connectivity index (χ2n) is 12.5. The van der Waals surface area contributed by atoms with E-state index in [4.69, 9.17) is 18.9 Å². The highest BCUT2D eigenvalue weighted by molar-refractivity contribution is 5.96. The highest BCUT2D eigenvalue weighted by Crippen LogP contribution is 2.42. The lowest BCUT2D eigenvalue weighted by Crippen LogP contribution is -2.59. The second-order valence-corrected chi connectivity index (χ2v) is 12.5. The van der Waals surface area contributed by atoms with E-state index in [2.05, 4.69) is 11.9 Å². The molecule has 2 heterocycles. The smallest absolute Gasteiger partial charge is 0.342 e. The number of hydrogen-bond donors (Lipinski definition) is 6. The zero-order valence-electron chi connectivity index (χ0n) is 26.0. The molecule has 0 radical (unpaired) electrons. The lowest BCUT2D eigenvalue weighted by Gasteiger charge is -2.48. The quantitative estimate of drug-likeness (QED) is 0.115. The normalized spacial score (nSPS) is 26.8. The summed E-state index contributed by atoms with van der Waals surface area (Å²) in [7, 11) is 2.76. The number of phenols is 2. The second kappa shape index (κ2) is 13.9. The maximum atomic E-state index is 12.9. The number of amides is 1. The van der Waals surface area contributed by atoms with E-state index in [1.807, 2.05) is 13.8 Å². The number of aromatic hydroxyl groups is 2. The molecule has 1 saturated heterocycles. The molecule has 0 aliphatic carbocycles. The van der Waals surface area contributed by atoms with E-state index in [0.29, 0.717) is 11.1 Å². The van der Waals surface area contributed by atoms with Gasteiger partial charge in [0.25, 0.3) is 5.91 Å². The molecule has 9 atom stereocenters. The van der Waals surface area contributed by atoms with Crippen molar-refractivity contribution in [1.82, 2.24) is 5.32 Å². The van der Waals surface area contributed by atoms with Gasteiger partial charge >= 0.3 is 5.97 Å². The van der Waals surface area contributed by atoms with Crippen molar-refractivity contribution in [2.24, 2.45) is 11.3 Å². The largest absolute Gasteiger partial charge is 0.508 e. The Hall–Kier alpha value is -2.74. The van der Waals surface area contributed by atoms with E-state index in [-0.39, 0.29) is 42.7 Å². The maximum absolute atomic E-state index is 12.9. The summed E-state index contributed by atoms with van der Waals surface area (Å²) in [5.74, 6) is -2.57. The van der Waals surface area contributed by atoms with Crippen LogP contribution < -0.4 is 5.32 Å². The third kappa shape index (κ3) is 7.50. The van der Waals surface area contributed by atoms with Crippen LogP contribution >= 0.6 is 0 Å². The van der Waals surface area contributed by atoms with Crippen LogP contribution in [0.25, 0.3) is 0 Å². The standard InChI is InChI=1S/C31H47NO11/c1-14(2)9-22(40-7)27(37)28(38)32-29(41-8)23-13-24(36)31(5,6)25(42-23)12-19(34)16(4)21-10-17-15(3)18(33)11-20(35)26(17)30(39)43-21/h11,16,19,21-25,27,29,33-37H,1,9-10,12-13H2,2-8H3,(H,32,38)/t16?,19?,21?,22?,23?,24-,25-,27?,29?/m1/s1. The van der Waals surface area contributed by atoms with E-state index in [9.17, 15) is 35.1 Å². The highest BCUT2D eigenvalue weighted by Gasteiger charge is 2.48. The van der Waals surface area contributed by atoms with E-state index in [1.165, 1.54) is 14.2 Å². The van der Waals surface area contributed by atoms with Gasteiger partial charge in [-0.15, -0.1) is 6.58 Å². The number of aliphatic hydroxyl groups excluding tert-OH is 3. The molecule has 1 amide bonds. The average molecular weight is 610 g/mol. The molecule has 0 aromatic heterocycles. The van der Waals surface area contributed by atoms with Gasteiger partial charge in [0, 0.05) is 50.9 Å². The number of methoxy groups -OCH3 is 2. The van der Waals surface area contributed by atoms with Crippen LogP contribution in [-0.4, -0.2) is 101 Å². The number of esters is 1. The number of aliphatic hydroxyl groups is 3. The van der Waals surface area contributed by atoms with Gasteiger partial charge in [-0.1, -0.05) is 26.3 Å². The molecule has 242 valence electrons. The van der Waals surface area contributed by atoms with Gasteiger partial charge in [-0.25, -0.2) is 4.79 Å². The zero-order valence-corrected chi connectivity index (χ0v) is 26.0. The van der Waals surface area contributed by atoms with E-state index < -0.39 is 72.2 Å². The molecule has 12 nitrogen and oxygen atoms in total. The predicted octanol–water partition coefficient (Wildman–Crippen LogP) is 1.85. The summed E-state index contributed by atoms with van der Waals surface area (Å²) < 4.78 is 22.7. The van der Waals surface area contributed by atoms with Crippen molar-refractivity contribution in [3.05, 3.63) is 34.9 Å². The van der Waals surface area contributed by atoms with Crippen LogP contribution in [0.5, 0.6) is 11.5 Å².